The van der Waals surface area contributed by atoms with E-state index in [9.17, 15) is 4.79 Å². The Morgan fingerprint density at radius 2 is 1.94 bits per heavy atom. The van der Waals surface area contributed by atoms with Crippen LogP contribution in [-0.4, -0.2) is 15.6 Å². The van der Waals surface area contributed by atoms with Crippen molar-refractivity contribution in [2.75, 3.05) is 0 Å². The van der Waals surface area contributed by atoms with Crippen molar-refractivity contribution in [3.8, 4) is 11.3 Å². The first-order valence-electron chi connectivity index (χ1n) is 5.42. The molecule has 0 aliphatic heterocycles. The van der Waals surface area contributed by atoms with Crippen LogP contribution < -0.4 is 0 Å². The summed E-state index contributed by atoms with van der Waals surface area (Å²) < 4.78 is 1.72. The van der Waals surface area contributed by atoms with E-state index < -0.39 is 5.97 Å². The van der Waals surface area contributed by atoms with Crippen molar-refractivity contribution in [1.82, 2.24) is 4.57 Å². The largest absolute Gasteiger partial charge is 0.477 e. The highest BCUT2D eigenvalue weighted by molar-refractivity contribution is 6.42. The highest BCUT2D eigenvalue weighted by Crippen LogP contribution is 2.29. The van der Waals surface area contributed by atoms with Crippen LogP contribution in [0.25, 0.3) is 11.3 Å². The summed E-state index contributed by atoms with van der Waals surface area (Å²) in [5, 5.41) is 10.0. The Morgan fingerprint density at radius 3 is 2.50 bits per heavy atom. The predicted molar refractivity (Wildman–Crippen MR) is 72.5 cm³/mol. The summed E-state index contributed by atoms with van der Waals surface area (Å²) in [4.78, 5) is 11.1. The first-order chi connectivity index (χ1) is 8.54. The van der Waals surface area contributed by atoms with Crippen molar-refractivity contribution in [2.45, 2.75) is 13.5 Å². The van der Waals surface area contributed by atoms with Crippen molar-refractivity contribution in [3.05, 3.63) is 46.1 Å². The van der Waals surface area contributed by atoms with Gasteiger partial charge in [0.1, 0.15) is 5.69 Å². The Labute approximate surface area is 115 Å². The fraction of sp³-hybridized carbons (Fsp3) is 0.154. The van der Waals surface area contributed by atoms with Gasteiger partial charge >= 0.3 is 5.97 Å². The van der Waals surface area contributed by atoms with Gasteiger partial charge in [0.25, 0.3) is 0 Å². The fourth-order valence-electron chi connectivity index (χ4n) is 1.90. The van der Waals surface area contributed by atoms with Crippen LogP contribution in [0.3, 0.4) is 0 Å². The molecule has 0 aliphatic carbocycles. The Hall–Kier alpha value is -1.45. The molecule has 0 saturated heterocycles. The number of aromatic carboxylic acids is 1. The zero-order valence-corrected chi connectivity index (χ0v) is 11.2. The lowest BCUT2D eigenvalue weighted by molar-refractivity contribution is 0.0685. The minimum absolute atomic E-state index is 0.263. The summed E-state index contributed by atoms with van der Waals surface area (Å²) in [7, 11) is 0. The van der Waals surface area contributed by atoms with E-state index in [1.165, 1.54) is 0 Å². The zero-order valence-electron chi connectivity index (χ0n) is 9.65. The van der Waals surface area contributed by atoms with Gasteiger partial charge in [0, 0.05) is 12.2 Å². The maximum Gasteiger partial charge on any atom is 0.352 e. The molecule has 0 unspecified atom stereocenters. The second-order valence-corrected chi connectivity index (χ2v) is 4.60. The van der Waals surface area contributed by atoms with Crippen LogP contribution in [0.15, 0.2) is 30.3 Å². The Bertz CT molecular complexity index is 605. The van der Waals surface area contributed by atoms with E-state index in [-0.39, 0.29) is 5.69 Å². The average Bonchev–Trinajstić information content (AvgIpc) is 2.76. The molecule has 0 saturated carbocycles. The molecule has 1 aromatic heterocycles. The number of rotatable bonds is 3. The molecule has 2 rings (SSSR count). The third-order valence-corrected chi connectivity index (χ3v) is 3.47. The molecular weight excluding hydrogens is 273 g/mol. The topological polar surface area (TPSA) is 42.2 Å². The molecule has 18 heavy (non-hydrogen) atoms. The lowest BCUT2D eigenvalue weighted by atomic mass is 10.1. The maximum atomic E-state index is 11.1. The molecule has 1 N–H and O–H groups in total. The van der Waals surface area contributed by atoms with Crippen molar-refractivity contribution >= 4 is 29.2 Å². The molecule has 1 aromatic carbocycles. The van der Waals surface area contributed by atoms with Gasteiger partial charge in [-0.1, -0.05) is 29.3 Å². The molecular formula is C13H11Cl2NO2. The van der Waals surface area contributed by atoms with Gasteiger partial charge in [-0.25, -0.2) is 4.79 Å². The number of benzene rings is 1. The molecule has 1 heterocycles. The molecule has 0 spiro atoms. The summed E-state index contributed by atoms with van der Waals surface area (Å²) in [6.07, 6.45) is 0. The predicted octanol–water partition coefficient (Wildman–Crippen LogP) is 4.18. The van der Waals surface area contributed by atoms with Gasteiger partial charge in [0.05, 0.1) is 10.0 Å². The van der Waals surface area contributed by atoms with Gasteiger partial charge in [0.2, 0.25) is 0 Å². The van der Waals surface area contributed by atoms with E-state index in [0.29, 0.717) is 16.6 Å². The lowest BCUT2D eigenvalue weighted by Gasteiger charge is -2.09. The Balaban J connectivity index is 2.57. The van der Waals surface area contributed by atoms with E-state index in [1.54, 1.807) is 28.8 Å². The molecule has 0 radical (unpaired) electrons. The number of carboxylic acids is 1. The van der Waals surface area contributed by atoms with Crippen LogP contribution in [0.2, 0.25) is 10.0 Å². The van der Waals surface area contributed by atoms with Gasteiger partial charge < -0.3 is 9.67 Å². The third kappa shape index (κ3) is 2.24. The first-order valence-corrected chi connectivity index (χ1v) is 6.18. The van der Waals surface area contributed by atoms with Crippen LogP contribution in [0.4, 0.5) is 0 Å². The van der Waals surface area contributed by atoms with Crippen LogP contribution in [0, 0.1) is 0 Å². The van der Waals surface area contributed by atoms with Crippen LogP contribution in [0.1, 0.15) is 17.4 Å². The summed E-state index contributed by atoms with van der Waals surface area (Å²) in [5.41, 5.74) is 1.92. The highest BCUT2D eigenvalue weighted by atomic mass is 35.5. The molecule has 94 valence electrons. The normalized spacial score (nSPS) is 10.6. The van der Waals surface area contributed by atoms with Crippen molar-refractivity contribution in [1.29, 1.82) is 0 Å². The third-order valence-electron chi connectivity index (χ3n) is 2.73. The standard InChI is InChI=1S/C13H11Cl2NO2/c1-2-16-11(5-6-12(16)13(17)18)8-3-4-9(14)10(15)7-8/h3-7H,2H2,1H3,(H,17,18). The maximum absolute atomic E-state index is 11.1. The van der Waals surface area contributed by atoms with Crippen molar-refractivity contribution < 1.29 is 9.90 Å². The summed E-state index contributed by atoms with van der Waals surface area (Å²) in [6.45, 7) is 2.47. The molecule has 5 heteroatoms. The minimum Gasteiger partial charge on any atom is -0.477 e. The van der Waals surface area contributed by atoms with Crippen molar-refractivity contribution in [2.24, 2.45) is 0 Å². The van der Waals surface area contributed by atoms with E-state index in [4.69, 9.17) is 28.3 Å². The summed E-state index contributed by atoms with van der Waals surface area (Å²) >= 11 is 11.8. The Morgan fingerprint density at radius 1 is 1.22 bits per heavy atom. The molecule has 3 nitrogen and oxygen atoms in total. The molecule has 0 aliphatic rings. The average molecular weight is 284 g/mol. The highest BCUT2D eigenvalue weighted by Gasteiger charge is 2.14. The fourth-order valence-corrected chi connectivity index (χ4v) is 2.20. The van der Waals surface area contributed by atoms with E-state index in [2.05, 4.69) is 0 Å². The van der Waals surface area contributed by atoms with Gasteiger partial charge in [-0.3, -0.25) is 0 Å². The molecule has 0 amide bonds. The number of carbonyl (C=O) groups is 1. The smallest absolute Gasteiger partial charge is 0.352 e. The lowest BCUT2D eigenvalue weighted by Crippen LogP contribution is -2.08. The summed E-state index contributed by atoms with van der Waals surface area (Å²) in [5.74, 6) is -0.942. The van der Waals surface area contributed by atoms with Crippen LogP contribution in [0.5, 0.6) is 0 Å². The molecule has 0 fully saturated rings. The van der Waals surface area contributed by atoms with Gasteiger partial charge in [-0.05, 0) is 36.8 Å². The van der Waals surface area contributed by atoms with Gasteiger partial charge in [-0.15, -0.1) is 0 Å². The Kier molecular flexibility index (Phi) is 3.64. The van der Waals surface area contributed by atoms with Crippen LogP contribution >= 0.6 is 23.2 Å². The van der Waals surface area contributed by atoms with Gasteiger partial charge in [-0.2, -0.15) is 0 Å². The second-order valence-electron chi connectivity index (χ2n) is 3.78. The quantitative estimate of drug-likeness (QED) is 0.918. The monoisotopic (exact) mass is 283 g/mol. The SMILES string of the molecule is CCn1c(C(=O)O)ccc1-c1ccc(Cl)c(Cl)c1. The molecule has 0 bridgehead atoms. The van der Waals surface area contributed by atoms with Gasteiger partial charge in [0.15, 0.2) is 0 Å². The summed E-state index contributed by atoms with van der Waals surface area (Å²) in [6, 6.07) is 8.61. The number of nitrogens with zero attached hydrogens (tertiary/aromatic N) is 1. The zero-order chi connectivity index (χ0) is 13.3. The molecule has 0 atom stereocenters. The number of halogens is 2. The number of carboxylic acid groups (broad SMARTS) is 1. The van der Waals surface area contributed by atoms with E-state index in [1.807, 2.05) is 13.0 Å². The number of aromatic nitrogens is 1. The van der Waals surface area contributed by atoms with E-state index >= 15 is 0 Å². The number of hydrogen-bond donors (Lipinski definition) is 1. The van der Waals surface area contributed by atoms with Crippen LogP contribution in [-0.2, 0) is 6.54 Å². The second kappa shape index (κ2) is 5.04. The first kappa shape index (κ1) is 13.0. The van der Waals surface area contributed by atoms with Crippen molar-refractivity contribution in [3.63, 3.8) is 0 Å². The van der Waals surface area contributed by atoms with E-state index in [0.717, 1.165) is 11.3 Å². The minimum atomic E-state index is -0.942. The number of hydrogen-bond acceptors (Lipinski definition) is 1. The molecule has 2 aromatic rings.